The SMILES string of the molecule is O=[N+]([O-])c1c(F)c(F)c(C(F)(F)C(F)(F)OC(F)(F)C(F)(F)S(=O)(=O)O)c(F)c1F. The molecule has 1 aromatic carbocycles. The number of hydrogen-bond acceptors (Lipinski definition) is 5. The van der Waals surface area contributed by atoms with Crippen molar-refractivity contribution in [3.63, 3.8) is 0 Å². The molecule has 0 aliphatic rings. The molecule has 0 spiro atoms. The third-order valence-corrected chi connectivity index (χ3v) is 3.91. The molecule has 0 radical (unpaired) electrons. The Morgan fingerprint density at radius 1 is 0.800 bits per heavy atom. The molecule has 0 bridgehead atoms. The third kappa shape index (κ3) is 3.73. The normalized spacial score (nSPS) is 14.2. The van der Waals surface area contributed by atoms with Gasteiger partial charge in [-0.15, -0.1) is 0 Å². The van der Waals surface area contributed by atoms with Crippen molar-refractivity contribution in [3.05, 3.63) is 38.9 Å². The Bertz CT molecular complexity index is 965. The average molecular weight is 491 g/mol. The first-order chi connectivity index (χ1) is 13.0. The van der Waals surface area contributed by atoms with Crippen molar-refractivity contribution in [3.8, 4) is 0 Å². The number of ether oxygens (including phenoxy) is 1. The van der Waals surface area contributed by atoms with E-state index in [2.05, 4.69) is 0 Å². The van der Waals surface area contributed by atoms with E-state index in [0.717, 1.165) is 0 Å². The Labute approximate surface area is 154 Å². The van der Waals surface area contributed by atoms with Crippen LogP contribution in [0, 0.1) is 33.4 Å². The van der Waals surface area contributed by atoms with Crippen LogP contribution in [0.15, 0.2) is 0 Å². The minimum absolute atomic E-state index is 1.69. The molecule has 172 valence electrons. The van der Waals surface area contributed by atoms with Crippen LogP contribution in [0.25, 0.3) is 0 Å². The molecule has 0 unspecified atom stereocenters. The Hall–Kier alpha value is -2.35. The smallest absolute Gasteiger partial charge is 0.281 e. The first-order valence-corrected chi connectivity index (χ1v) is 7.67. The van der Waals surface area contributed by atoms with Crippen molar-refractivity contribution in [1.82, 2.24) is 0 Å². The van der Waals surface area contributed by atoms with E-state index in [4.69, 9.17) is 4.55 Å². The molecule has 0 saturated carbocycles. The first-order valence-electron chi connectivity index (χ1n) is 6.23. The second kappa shape index (κ2) is 7.11. The van der Waals surface area contributed by atoms with E-state index in [1.54, 1.807) is 4.74 Å². The van der Waals surface area contributed by atoms with Gasteiger partial charge in [0.15, 0.2) is 11.6 Å². The summed E-state index contributed by atoms with van der Waals surface area (Å²) in [5, 5.41) is 3.23. The summed E-state index contributed by atoms with van der Waals surface area (Å²) >= 11 is 0. The number of hydrogen-bond donors (Lipinski definition) is 1. The van der Waals surface area contributed by atoms with Crippen molar-refractivity contribution in [2.24, 2.45) is 0 Å². The van der Waals surface area contributed by atoms with E-state index in [1.165, 1.54) is 0 Å². The van der Waals surface area contributed by atoms with Gasteiger partial charge in [-0.25, -0.2) is 13.5 Å². The van der Waals surface area contributed by atoms with Crippen LogP contribution in [0.3, 0.4) is 0 Å². The van der Waals surface area contributed by atoms with Crippen molar-refractivity contribution >= 4 is 15.8 Å². The second-order valence-corrected chi connectivity index (χ2v) is 6.40. The predicted octanol–water partition coefficient (Wildman–Crippen LogP) is 3.93. The van der Waals surface area contributed by atoms with Crippen LogP contribution in [0.2, 0.25) is 0 Å². The lowest BCUT2D eigenvalue weighted by Crippen LogP contribution is -2.55. The highest BCUT2D eigenvalue weighted by atomic mass is 32.2. The maximum Gasteiger partial charge on any atom is 0.460 e. The third-order valence-electron chi connectivity index (χ3n) is 3.02. The summed E-state index contributed by atoms with van der Waals surface area (Å²) in [4.78, 5) is 8.04. The van der Waals surface area contributed by atoms with Gasteiger partial charge in [-0.1, -0.05) is 0 Å². The molecular weight excluding hydrogens is 490 g/mol. The molecule has 0 aliphatic heterocycles. The van der Waals surface area contributed by atoms with E-state index < -0.39 is 73.0 Å². The van der Waals surface area contributed by atoms with Crippen LogP contribution >= 0.6 is 0 Å². The van der Waals surface area contributed by atoms with E-state index in [-0.39, 0.29) is 0 Å². The van der Waals surface area contributed by atoms with Crippen LogP contribution in [0.4, 0.5) is 58.4 Å². The molecular formula is C10HF12NO6S. The highest BCUT2D eigenvalue weighted by molar-refractivity contribution is 7.86. The monoisotopic (exact) mass is 491 g/mol. The van der Waals surface area contributed by atoms with Gasteiger partial charge in [0.1, 0.15) is 5.56 Å². The van der Waals surface area contributed by atoms with Crippen molar-refractivity contribution in [2.75, 3.05) is 0 Å². The van der Waals surface area contributed by atoms with E-state index in [1.807, 2.05) is 0 Å². The Morgan fingerprint density at radius 3 is 1.47 bits per heavy atom. The van der Waals surface area contributed by atoms with Crippen molar-refractivity contribution in [2.45, 2.75) is 23.4 Å². The number of nitrogens with zero attached hydrogens (tertiary/aromatic N) is 1. The van der Waals surface area contributed by atoms with Gasteiger partial charge >= 0.3 is 39.2 Å². The zero-order valence-corrected chi connectivity index (χ0v) is 13.7. The van der Waals surface area contributed by atoms with Crippen LogP contribution in [-0.2, 0) is 20.8 Å². The van der Waals surface area contributed by atoms with Crippen LogP contribution < -0.4 is 0 Å². The van der Waals surface area contributed by atoms with Gasteiger partial charge in [-0.05, 0) is 0 Å². The molecule has 0 fully saturated rings. The molecule has 0 saturated heterocycles. The molecule has 1 N–H and O–H groups in total. The van der Waals surface area contributed by atoms with Gasteiger partial charge in [0.25, 0.3) is 0 Å². The summed E-state index contributed by atoms with van der Waals surface area (Å²) in [6.45, 7) is 0. The Balaban J connectivity index is 3.71. The zero-order valence-electron chi connectivity index (χ0n) is 12.9. The minimum atomic E-state index is -7.32. The summed E-state index contributed by atoms with van der Waals surface area (Å²) in [6.07, 6.45) is -14.5. The fourth-order valence-electron chi connectivity index (χ4n) is 1.64. The summed E-state index contributed by atoms with van der Waals surface area (Å²) in [7, 11) is -7.32. The Morgan fingerprint density at radius 2 is 1.17 bits per heavy atom. The maximum atomic E-state index is 13.7. The van der Waals surface area contributed by atoms with Crippen molar-refractivity contribution in [1.29, 1.82) is 0 Å². The largest absolute Gasteiger partial charge is 0.460 e. The first kappa shape index (κ1) is 25.7. The predicted molar refractivity (Wildman–Crippen MR) is 64.3 cm³/mol. The zero-order chi connectivity index (χ0) is 24.2. The summed E-state index contributed by atoms with van der Waals surface area (Å²) in [5.41, 5.74) is -6.61. The van der Waals surface area contributed by atoms with Gasteiger partial charge in [0, 0.05) is 0 Å². The van der Waals surface area contributed by atoms with Crippen LogP contribution in [-0.4, -0.2) is 35.4 Å². The van der Waals surface area contributed by atoms with Gasteiger partial charge in [0.05, 0.1) is 4.92 Å². The number of nitro benzene ring substituents is 1. The van der Waals surface area contributed by atoms with E-state index in [9.17, 15) is 71.2 Å². The highest BCUT2D eigenvalue weighted by Gasteiger charge is 2.75. The van der Waals surface area contributed by atoms with Crippen LogP contribution in [0.1, 0.15) is 5.56 Å². The number of benzene rings is 1. The number of nitro groups is 1. The fraction of sp³-hybridized carbons (Fsp3) is 0.400. The molecule has 1 aromatic rings. The molecule has 20 heteroatoms. The van der Waals surface area contributed by atoms with Gasteiger partial charge in [-0.2, -0.15) is 52.3 Å². The lowest BCUT2D eigenvalue weighted by atomic mass is 10.0. The van der Waals surface area contributed by atoms with E-state index in [0.29, 0.717) is 0 Å². The van der Waals surface area contributed by atoms with Gasteiger partial charge in [-0.3, -0.25) is 14.7 Å². The molecule has 0 aromatic heterocycles. The molecule has 0 amide bonds. The summed E-state index contributed by atoms with van der Waals surface area (Å²) < 4.78 is 189. The molecule has 30 heavy (non-hydrogen) atoms. The summed E-state index contributed by atoms with van der Waals surface area (Å²) in [5.74, 6) is -20.9. The quantitative estimate of drug-likeness (QED) is 0.204. The van der Waals surface area contributed by atoms with Crippen molar-refractivity contribution < 1.29 is 75.3 Å². The lowest BCUT2D eigenvalue weighted by Gasteiger charge is -2.31. The fourth-order valence-corrected chi connectivity index (χ4v) is 1.98. The maximum absolute atomic E-state index is 13.7. The molecule has 0 atom stereocenters. The average Bonchev–Trinajstić information content (AvgIpc) is 2.50. The number of rotatable bonds is 7. The molecule has 1 rings (SSSR count). The lowest BCUT2D eigenvalue weighted by molar-refractivity contribution is -0.460. The highest BCUT2D eigenvalue weighted by Crippen LogP contribution is 2.52. The molecule has 7 nitrogen and oxygen atoms in total. The second-order valence-electron chi connectivity index (χ2n) is 4.94. The molecule has 0 heterocycles. The topological polar surface area (TPSA) is 107 Å². The standard InChI is InChI=1S/C10HF12NO6S/c11-2-1(3(12)5(14)6(4(2)13)23(24)25)7(15,16)8(17,18)29-9(19,20)10(21,22)30(26,27)28/h(H,26,27,28). The van der Waals surface area contributed by atoms with Gasteiger partial charge < -0.3 is 0 Å². The number of alkyl halides is 8. The number of halogens is 12. The Kier molecular flexibility index (Phi) is 6.09. The molecule has 0 aliphatic carbocycles. The summed E-state index contributed by atoms with van der Waals surface area (Å²) in [6, 6.07) is 0. The van der Waals surface area contributed by atoms with Gasteiger partial charge in [0.2, 0.25) is 11.6 Å². The van der Waals surface area contributed by atoms with Crippen LogP contribution in [0.5, 0.6) is 0 Å². The van der Waals surface area contributed by atoms with E-state index >= 15 is 0 Å². The minimum Gasteiger partial charge on any atom is -0.281 e.